The molecule has 4 N–H and O–H groups in total. The predicted molar refractivity (Wildman–Crippen MR) is 107 cm³/mol. The summed E-state index contributed by atoms with van der Waals surface area (Å²) in [7, 11) is 0. The number of halogens is 3. The van der Waals surface area contributed by atoms with Crippen molar-refractivity contribution in [3.8, 4) is 18.1 Å². The number of fused-ring (bicyclic) bond motifs is 1. The molecule has 0 spiro atoms. The van der Waals surface area contributed by atoms with E-state index in [-0.39, 0.29) is 17.0 Å². The number of benzene rings is 3. The van der Waals surface area contributed by atoms with Crippen molar-refractivity contribution in [1.29, 1.82) is 0 Å². The second kappa shape index (κ2) is 6.56. The molecular weight excluding hydrogens is 393 g/mol. The topological polar surface area (TPSA) is 75.3 Å². The van der Waals surface area contributed by atoms with Gasteiger partial charge in [-0.3, -0.25) is 4.79 Å². The van der Waals surface area contributed by atoms with Crippen LogP contribution in [0, 0.1) is 12.3 Å². The van der Waals surface area contributed by atoms with E-state index in [0.717, 1.165) is 6.07 Å². The summed E-state index contributed by atoms with van der Waals surface area (Å²) >= 11 is 0. The van der Waals surface area contributed by atoms with E-state index < -0.39 is 23.1 Å². The number of para-hydroxylation sites is 1. The fourth-order valence-electron chi connectivity index (χ4n) is 3.93. The number of amides is 1. The standard InChI is InChI=1S/C23H15F3N2O2/c1-2-13-12-15(8-11-19(13)27)22(14-6-9-16(29)10-7-14)17-4-3-5-18(23(24,25)26)20(17)28-21(22)30/h1,3-12,29H,27H2,(H,28,30). The molecule has 7 heteroatoms. The number of hydrogen-bond donors (Lipinski definition) is 3. The van der Waals surface area contributed by atoms with E-state index in [4.69, 9.17) is 12.2 Å². The van der Waals surface area contributed by atoms with Crippen LogP contribution in [0.15, 0.2) is 60.7 Å². The number of rotatable bonds is 2. The number of terminal acetylenes is 1. The Hall–Kier alpha value is -3.92. The molecule has 0 aliphatic carbocycles. The van der Waals surface area contributed by atoms with Gasteiger partial charge in [-0.1, -0.05) is 36.3 Å². The van der Waals surface area contributed by atoms with Crippen LogP contribution >= 0.6 is 0 Å². The number of nitrogen functional groups attached to an aromatic ring is 1. The molecule has 4 rings (SSSR count). The number of carbonyl (C=O) groups excluding carboxylic acids is 1. The van der Waals surface area contributed by atoms with Crippen molar-refractivity contribution in [3.05, 3.63) is 88.5 Å². The number of alkyl halides is 3. The third-order valence-corrected chi connectivity index (χ3v) is 5.30. The highest BCUT2D eigenvalue weighted by molar-refractivity contribution is 6.12. The summed E-state index contributed by atoms with van der Waals surface area (Å²) in [4.78, 5) is 13.4. The molecule has 0 fully saturated rings. The monoisotopic (exact) mass is 408 g/mol. The van der Waals surface area contributed by atoms with Crippen LogP contribution in [0.1, 0.15) is 27.8 Å². The van der Waals surface area contributed by atoms with Gasteiger partial charge in [0.15, 0.2) is 0 Å². The Bertz CT molecular complexity index is 1210. The number of nitrogens with one attached hydrogen (secondary N) is 1. The summed E-state index contributed by atoms with van der Waals surface area (Å²) in [6.07, 6.45) is 0.860. The van der Waals surface area contributed by atoms with Gasteiger partial charge in [0.1, 0.15) is 11.2 Å². The van der Waals surface area contributed by atoms with Gasteiger partial charge >= 0.3 is 6.18 Å². The van der Waals surface area contributed by atoms with Gasteiger partial charge in [0.2, 0.25) is 5.91 Å². The van der Waals surface area contributed by atoms with E-state index in [1.165, 1.54) is 48.5 Å². The van der Waals surface area contributed by atoms with Gasteiger partial charge in [-0.2, -0.15) is 13.2 Å². The Morgan fingerprint density at radius 3 is 2.33 bits per heavy atom. The number of nitrogens with two attached hydrogens (primary N) is 1. The lowest BCUT2D eigenvalue weighted by Crippen LogP contribution is -2.37. The van der Waals surface area contributed by atoms with Crippen molar-refractivity contribution in [2.24, 2.45) is 0 Å². The molecular formula is C23H15F3N2O2. The summed E-state index contributed by atoms with van der Waals surface area (Å²) in [5.74, 6) is 1.73. The fourth-order valence-corrected chi connectivity index (χ4v) is 3.93. The Kier molecular flexibility index (Phi) is 4.24. The summed E-state index contributed by atoms with van der Waals surface area (Å²) in [5.41, 5.74) is 4.54. The third-order valence-electron chi connectivity index (χ3n) is 5.30. The van der Waals surface area contributed by atoms with Crippen LogP contribution in [0.3, 0.4) is 0 Å². The van der Waals surface area contributed by atoms with E-state index in [1.54, 1.807) is 6.07 Å². The molecule has 1 amide bonds. The van der Waals surface area contributed by atoms with E-state index in [1.807, 2.05) is 0 Å². The van der Waals surface area contributed by atoms with E-state index in [0.29, 0.717) is 22.4 Å². The molecule has 0 saturated heterocycles. The van der Waals surface area contributed by atoms with Crippen molar-refractivity contribution in [2.45, 2.75) is 11.6 Å². The van der Waals surface area contributed by atoms with Crippen molar-refractivity contribution >= 4 is 17.3 Å². The first-order chi connectivity index (χ1) is 14.2. The molecule has 150 valence electrons. The largest absolute Gasteiger partial charge is 0.508 e. The van der Waals surface area contributed by atoms with Crippen molar-refractivity contribution < 1.29 is 23.1 Å². The van der Waals surface area contributed by atoms with E-state index in [9.17, 15) is 23.1 Å². The van der Waals surface area contributed by atoms with Gasteiger partial charge in [-0.25, -0.2) is 0 Å². The van der Waals surface area contributed by atoms with Crippen LogP contribution in [0.25, 0.3) is 0 Å². The molecule has 30 heavy (non-hydrogen) atoms. The lowest BCUT2D eigenvalue weighted by molar-refractivity contribution is -0.136. The van der Waals surface area contributed by atoms with Crippen molar-refractivity contribution in [1.82, 2.24) is 0 Å². The summed E-state index contributed by atoms with van der Waals surface area (Å²) in [5, 5.41) is 12.1. The first-order valence-electron chi connectivity index (χ1n) is 8.88. The molecule has 0 radical (unpaired) electrons. The summed E-state index contributed by atoms with van der Waals surface area (Å²) in [6, 6.07) is 14.0. The van der Waals surface area contributed by atoms with Crippen LogP contribution in [-0.2, 0) is 16.4 Å². The minimum Gasteiger partial charge on any atom is -0.508 e. The van der Waals surface area contributed by atoms with Crippen LogP contribution < -0.4 is 11.1 Å². The van der Waals surface area contributed by atoms with Gasteiger partial charge < -0.3 is 16.2 Å². The lowest BCUT2D eigenvalue weighted by Gasteiger charge is -2.29. The average molecular weight is 408 g/mol. The van der Waals surface area contributed by atoms with Crippen molar-refractivity contribution in [2.75, 3.05) is 11.1 Å². The minimum atomic E-state index is -4.66. The molecule has 1 atom stereocenters. The molecule has 0 aromatic heterocycles. The molecule has 0 saturated carbocycles. The molecule has 3 aromatic rings. The smallest absolute Gasteiger partial charge is 0.418 e. The lowest BCUT2D eigenvalue weighted by atomic mass is 9.69. The highest BCUT2D eigenvalue weighted by atomic mass is 19.4. The maximum absolute atomic E-state index is 13.6. The summed E-state index contributed by atoms with van der Waals surface area (Å²) in [6.45, 7) is 0. The first kappa shape index (κ1) is 19.4. The molecule has 4 nitrogen and oxygen atoms in total. The van der Waals surface area contributed by atoms with E-state index in [2.05, 4.69) is 11.2 Å². The van der Waals surface area contributed by atoms with Gasteiger partial charge in [-0.15, -0.1) is 6.42 Å². The zero-order chi connectivity index (χ0) is 21.7. The predicted octanol–water partition coefficient (Wildman–Crippen LogP) is 4.26. The number of carbonyl (C=O) groups is 1. The van der Waals surface area contributed by atoms with Crippen LogP contribution in [0.2, 0.25) is 0 Å². The number of anilines is 2. The van der Waals surface area contributed by atoms with Gasteiger partial charge in [0.25, 0.3) is 0 Å². The number of aromatic hydroxyl groups is 1. The zero-order valence-corrected chi connectivity index (χ0v) is 15.4. The third kappa shape index (κ3) is 2.69. The molecule has 1 aliphatic heterocycles. The molecule has 3 aromatic carbocycles. The Morgan fingerprint density at radius 1 is 1.03 bits per heavy atom. The quantitative estimate of drug-likeness (QED) is 0.438. The van der Waals surface area contributed by atoms with Crippen LogP contribution in [-0.4, -0.2) is 11.0 Å². The molecule has 1 heterocycles. The number of phenolic OH excluding ortho intramolecular Hbond substituents is 1. The minimum absolute atomic E-state index is 0.0433. The first-order valence-corrected chi connectivity index (χ1v) is 8.88. The molecule has 0 bridgehead atoms. The Labute approximate surface area is 170 Å². The highest BCUT2D eigenvalue weighted by Crippen LogP contribution is 2.51. The highest BCUT2D eigenvalue weighted by Gasteiger charge is 2.52. The van der Waals surface area contributed by atoms with Gasteiger partial charge in [0.05, 0.1) is 11.3 Å². The van der Waals surface area contributed by atoms with Crippen LogP contribution in [0.5, 0.6) is 5.75 Å². The number of hydrogen-bond acceptors (Lipinski definition) is 3. The second-order valence-corrected chi connectivity index (χ2v) is 6.92. The van der Waals surface area contributed by atoms with E-state index >= 15 is 0 Å². The number of phenols is 1. The molecule has 1 aliphatic rings. The van der Waals surface area contributed by atoms with Gasteiger partial charge in [-0.05, 0) is 41.5 Å². The van der Waals surface area contributed by atoms with Crippen molar-refractivity contribution in [3.63, 3.8) is 0 Å². The fraction of sp³-hybridized carbons (Fsp3) is 0.0870. The molecule has 1 unspecified atom stereocenters. The van der Waals surface area contributed by atoms with Gasteiger partial charge in [0, 0.05) is 16.8 Å². The van der Waals surface area contributed by atoms with Crippen LogP contribution in [0.4, 0.5) is 24.5 Å². The second-order valence-electron chi connectivity index (χ2n) is 6.92. The zero-order valence-electron chi connectivity index (χ0n) is 15.4. The SMILES string of the molecule is C#Cc1cc(C2(c3ccc(O)cc3)C(=O)Nc3c(C(F)(F)F)cccc32)ccc1N. The Balaban J connectivity index is 2.11. The summed E-state index contributed by atoms with van der Waals surface area (Å²) < 4.78 is 40.9. The Morgan fingerprint density at radius 2 is 1.70 bits per heavy atom. The maximum atomic E-state index is 13.6. The maximum Gasteiger partial charge on any atom is 0.418 e. The normalized spacial score (nSPS) is 17.9. The average Bonchev–Trinajstić information content (AvgIpc) is 3.00.